The minimum absolute atomic E-state index is 0.0218. The van der Waals surface area contributed by atoms with E-state index in [0.29, 0.717) is 68.6 Å². The topological polar surface area (TPSA) is 527 Å². The number of carboxylic acids is 9. The summed E-state index contributed by atoms with van der Waals surface area (Å²) in [5.74, 6) is -9.29. The number of amides is 3. The zero-order chi connectivity index (χ0) is 76.2. The summed E-state index contributed by atoms with van der Waals surface area (Å²) in [7, 11) is 0. The minimum atomic E-state index is -1.51. The van der Waals surface area contributed by atoms with Crippen molar-refractivity contribution in [2.45, 2.75) is 141 Å². The molecule has 39 nitrogen and oxygen atoms in total. The monoisotopic (exact) mass is 1480 g/mol. The Morgan fingerprint density at radius 1 is 0.486 bits per heavy atom. The van der Waals surface area contributed by atoms with Gasteiger partial charge in [-0.15, -0.1) is 0 Å². The Morgan fingerprint density at radius 2 is 0.981 bits per heavy atom. The number of carbonyl (C=O) groups excluding carboxylic acids is 2. The van der Waals surface area contributed by atoms with Gasteiger partial charge < -0.3 is 86.6 Å². The first-order valence-electron chi connectivity index (χ1n) is 35.0. The van der Waals surface area contributed by atoms with Crippen LogP contribution < -0.4 is 31.5 Å². The predicted molar refractivity (Wildman–Crippen MR) is 374 cm³/mol. The Kier molecular flexibility index (Phi) is 35.4. The van der Waals surface area contributed by atoms with Gasteiger partial charge in [-0.3, -0.25) is 67.8 Å². The zero-order valence-electron chi connectivity index (χ0n) is 58.8. The van der Waals surface area contributed by atoms with Gasteiger partial charge >= 0.3 is 59.8 Å². The molecule has 2 aliphatic heterocycles. The van der Waals surface area contributed by atoms with Gasteiger partial charge in [0.05, 0.1) is 45.9 Å². The third kappa shape index (κ3) is 32.6. The number of unbranched alkanes of at least 4 members (excludes halogenated alkanes) is 8. The lowest BCUT2D eigenvalue weighted by Gasteiger charge is -2.37. The number of piperazine rings is 1. The maximum Gasteiger partial charge on any atom is 0.326 e. The molecule has 5 heterocycles. The van der Waals surface area contributed by atoms with E-state index in [-0.39, 0.29) is 129 Å². The smallest absolute Gasteiger partial charge is 0.326 e. The summed E-state index contributed by atoms with van der Waals surface area (Å²) in [6.45, 7) is 2.67. The molecule has 3 amide bonds. The largest absolute Gasteiger partial charge is 0.481 e. The third-order valence-corrected chi connectivity index (χ3v) is 17.7. The van der Waals surface area contributed by atoms with Gasteiger partial charge in [-0.05, 0) is 69.2 Å². The Hall–Kier alpha value is -10.2. The summed E-state index contributed by atoms with van der Waals surface area (Å²) >= 11 is 0. The molecule has 2 fully saturated rings. The van der Waals surface area contributed by atoms with Crippen molar-refractivity contribution in [1.29, 1.82) is 0 Å². The molecule has 0 spiro atoms. The lowest BCUT2D eigenvalue weighted by atomic mass is 10.0. The van der Waals surface area contributed by atoms with E-state index in [1.165, 1.54) is 21.5 Å². The fourth-order valence-corrected chi connectivity index (χ4v) is 12.2. The van der Waals surface area contributed by atoms with Crippen molar-refractivity contribution in [3.05, 3.63) is 66.3 Å². The van der Waals surface area contributed by atoms with E-state index < -0.39 is 97.4 Å². The van der Waals surface area contributed by atoms with Gasteiger partial charge in [0.2, 0.25) is 23.8 Å². The second-order valence-electron chi connectivity index (χ2n) is 25.9. The van der Waals surface area contributed by atoms with Crippen LogP contribution in [0, 0.1) is 0 Å². The number of hydrogen-bond acceptors (Lipinski definition) is 25. The number of carboxylic acid groups (broad SMARTS) is 9. The van der Waals surface area contributed by atoms with Gasteiger partial charge in [0.1, 0.15) is 36.8 Å². The first-order chi connectivity index (χ1) is 50.2. The van der Waals surface area contributed by atoms with E-state index in [1.807, 2.05) is 17.0 Å². The third-order valence-electron chi connectivity index (χ3n) is 17.7. The summed E-state index contributed by atoms with van der Waals surface area (Å²) in [5, 5.41) is 100. The van der Waals surface area contributed by atoms with Crippen molar-refractivity contribution in [3.8, 4) is 0 Å². The zero-order valence-corrected chi connectivity index (χ0v) is 58.8. The highest BCUT2D eigenvalue weighted by atomic mass is 16.4. The van der Waals surface area contributed by atoms with Crippen molar-refractivity contribution < 1.29 is 98.7 Å². The molecular weight excluding hydrogens is 1380 g/mol. The van der Waals surface area contributed by atoms with Gasteiger partial charge in [0, 0.05) is 128 Å². The molecule has 0 bridgehead atoms. The number of aromatic nitrogens is 7. The van der Waals surface area contributed by atoms with E-state index >= 15 is 0 Å². The number of nitrogens with zero attached hydrogens (tertiary/aromatic N) is 14. The predicted octanol–water partition coefficient (Wildman–Crippen LogP) is 0.710. The van der Waals surface area contributed by atoms with E-state index in [0.717, 1.165) is 70.1 Å². The van der Waals surface area contributed by atoms with Crippen LogP contribution in [-0.4, -0.2) is 311 Å². The molecular formula is C66H99N19O20. The van der Waals surface area contributed by atoms with Crippen molar-refractivity contribution >= 4 is 89.2 Å². The molecule has 3 aromatic heterocycles. The number of nitrogens with one attached hydrogen (secondary N) is 5. The SMILES string of the molecule is O=C(O)CC[C@H](NC(=O)N[C@@H](CCCCNC(=O)CCCCCCCCCCN1CCN(c2nc(NCN(Cc3nccn3CC(=O)O)Cc3nccn3CC(=O)O)nc(Nc3ccc(CC4CN(CC(=O)O)CCN(CC(=O)O)CCN(CC(=O)O)CCN4CC(=O)O)cc3)n2)CC1)C(=O)O)C(=O)O. The molecule has 3 atom stereocenters. The normalized spacial score (nSPS) is 15.9. The standard InChI is InChI=1S/C66H99N19O20/c86-53(69-19-9-8-11-49(61(101)102)72-66(105)73-50(62(103)104)17-18-54(87)88)12-7-5-3-1-2-4-6-10-22-77-29-32-82(33-30-77)65-75-63(70-45-81(37-51-67-20-23-84(51)43-59(97)98)38-52-68-21-24-85(52)44-60(99)100)74-64(76-65)71-47-15-13-46(14-16-47)35-48-36-80(41-57(93)94)28-27-78(39-55(89)90)25-26-79(40-56(91)92)31-34-83(48)42-58(95)96/h13-16,20-21,23-24,48-50H,1-12,17-19,22,25-45H2,(H,69,86)(H,87,88)(H,89,90)(H,91,92)(H,93,94)(H,95,96)(H,97,98)(H,99,100)(H,101,102)(H,103,104)(H2,72,73,105)(H2,70,71,74,75,76)/t48?,49-,50-/m0/s1. The lowest BCUT2D eigenvalue weighted by molar-refractivity contribution is -0.142. The molecule has 6 rings (SSSR count). The fourth-order valence-electron chi connectivity index (χ4n) is 12.2. The van der Waals surface area contributed by atoms with Crippen molar-refractivity contribution in [2.75, 3.05) is 133 Å². The van der Waals surface area contributed by atoms with Gasteiger partial charge in [0.25, 0.3) is 0 Å². The molecule has 105 heavy (non-hydrogen) atoms. The highest BCUT2D eigenvalue weighted by Gasteiger charge is 2.30. The summed E-state index contributed by atoms with van der Waals surface area (Å²) in [5.41, 5.74) is 1.30. The van der Waals surface area contributed by atoms with Crippen LogP contribution in [0.2, 0.25) is 0 Å². The molecule has 2 saturated heterocycles. The number of rotatable bonds is 47. The molecule has 0 aliphatic carbocycles. The van der Waals surface area contributed by atoms with Gasteiger partial charge in [-0.25, -0.2) is 24.4 Å². The quantitative estimate of drug-likeness (QED) is 0.0214. The van der Waals surface area contributed by atoms with Crippen LogP contribution in [0.3, 0.4) is 0 Å². The second kappa shape index (κ2) is 44.4. The number of hydrogen-bond donors (Lipinski definition) is 14. The highest BCUT2D eigenvalue weighted by molar-refractivity contribution is 5.86. The number of anilines is 4. The molecule has 578 valence electrons. The Labute approximate surface area is 605 Å². The molecule has 14 N–H and O–H groups in total. The van der Waals surface area contributed by atoms with Crippen LogP contribution in [0.25, 0.3) is 0 Å². The van der Waals surface area contributed by atoms with E-state index in [4.69, 9.17) is 20.1 Å². The van der Waals surface area contributed by atoms with Gasteiger partial charge in [0.15, 0.2) is 0 Å². The van der Waals surface area contributed by atoms with Crippen LogP contribution in [-0.2, 0) is 80.5 Å². The maximum atomic E-state index is 12.5. The van der Waals surface area contributed by atoms with Gasteiger partial charge in [-0.1, -0.05) is 50.7 Å². The van der Waals surface area contributed by atoms with Crippen molar-refractivity contribution in [3.63, 3.8) is 0 Å². The Morgan fingerprint density at radius 3 is 1.52 bits per heavy atom. The summed E-state index contributed by atoms with van der Waals surface area (Å²) in [4.78, 5) is 167. The van der Waals surface area contributed by atoms with Crippen LogP contribution in [0.4, 0.5) is 28.3 Å². The van der Waals surface area contributed by atoms with E-state index in [2.05, 4.69) is 46.4 Å². The summed E-state index contributed by atoms with van der Waals surface area (Å²) in [6, 6.07) is 2.73. The average Bonchev–Trinajstić information content (AvgIpc) is 1.83. The molecule has 1 aromatic carbocycles. The number of benzene rings is 1. The summed E-state index contributed by atoms with van der Waals surface area (Å²) in [6.07, 6.45) is 14.3. The molecule has 39 heteroatoms. The second-order valence-corrected chi connectivity index (χ2v) is 25.9. The number of urea groups is 1. The number of aliphatic carboxylic acids is 9. The van der Waals surface area contributed by atoms with Gasteiger partial charge in [-0.2, -0.15) is 15.0 Å². The van der Waals surface area contributed by atoms with Crippen molar-refractivity contribution in [1.82, 2.24) is 79.4 Å². The van der Waals surface area contributed by atoms with E-state index in [1.54, 1.807) is 44.1 Å². The molecule has 4 aromatic rings. The van der Waals surface area contributed by atoms with Crippen LogP contribution >= 0.6 is 0 Å². The van der Waals surface area contributed by atoms with E-state index in [9.17, 15) is 93.6 Å². The molecule has 2 aliphatic rings. The molecule has 1 unspecified atom stereocenters. The van der Waals surface area contributed by atoms with Crippen LogP contribution in [0.5, 0.6) is 0 Å². The summed E-state index contributed by atoms with van der Waals surface area (Å²) < 4.78 is 2.97. The number of carbonyl (C=O) groups is 11. The minimum Gasteiger partial charge on any atom is -0.481 e. The Bertz CT molecular complexity index is 3430. The highest BCUT2D eigenvalue weighted by Crippen LogP contribution is 2.23. The van der Waals surface area contributed by atoms with Crippen molar-refractivity contribution in [2.24, 2.45) is 0 Å². The average molecular weight is 1480 g/mol. The Balaban J connectivity index is 1.05. The maximum absolute atomic E-state index is 12.5. The first-order valence-corrected chi connectivity index (χ1v) is 35.0. The fraction of sp³-hybridized carbons (Fsp3) is 0.606. The first kappa shape index (κ1) is 83.7. The number of imidazole rings is 2. The van der Waals surface area contributed by atoms with Crippen LogP contribution in [0.1, 0.15) is 107 Å². The molecule has 0 radical (unpaired) electrons. The van der Waals surface area contributed by atoms with Crippen LogP contribution in [0.15, 0.2) is 49.1 Å². The lowest BCUT2D eigenvalue weighted by Crippen LogP contribution is -2.53. The molecule has 0 saturated carbocycles.